The standard InChI is InChI=1S/C10H14N2OS/c1-9(13)14-6-4-3-5-10-7-12(2)8-11-10/h3,5,7-8H,4,6H2,1-2H3. The van der Waals surface area contributed by atoms with Crippen LogP contribution in [-0.2, 0) is 11.8 Å². The molecule has 1 aromatic rings. The van der Waals surface area contributed by atoms with Crippen LogP contribution in [0.3, 0.4) is 0 Å². The minimum Gasteiger partial charge on any atom is -0.340 e. The SMILES string of the molecule is CC(=O)SCCC=Cc1cn(C)cn1. The van der Waals surface area contributed by atoms with E-state index in [1.165, 1.54) is 11.8 Å². The molecular weight excluding hydrogens is 196 g/mol. The molecule has 0 unspecified atom stereocenters. The first-order chi connectivity index (χ1) is 6.68. The summed E-state index contributed by atoms with van der Waals surface area (Å²) in [5.41, 5.74) is 0.959. The molecule has 0 N–H and O–H groups in total. The lowest BCUT2D eigenvalue weighted by Crippen LogP contribution is -1.83. The molecule has 0 saturated carbocycles. The highest BCUT2D eigenvalue weighted by molar-refractivity contribution is 8.13. The molecule has 0 saturated heterocycles. The topological polar surface area (TPSA) is 34.9 Å². The molecule has 1 heterocycles. The van der Waals surface area contributed by atoms with Crippen molar-refractivity contribution < 1.29 is 4.79 Å². The summed E-state index contributed by atoms with van der Waals surface area (Å²) < 4.78 is 1.91. The van der Waals surface area contributed by atoms with Crippen LogP contribution in [-0.4, -0.2) is 20.4 Å². The quantitative estimate of drug-likeness (QED) is 0.714. The molecule has 4 heteroatoms. The Morgan fingerprint density at radius 2 is 2.50 bits per heavy atom. The van der Waals surface area contributed by atoms with E-state index in [1.54, 1.807) is 13.3 Å². The number of carbonyl (C=O) groups excluding carboxylic acids is 1. The largest absolute Gasteiger partial charge is 0.340 e. The van der Waals surface area contributed by atoms with Gasteiger partial charge in [0.05, 0.1) is 12.0 Å². The second-order valence-electron chi connectivity index (χ2n) is 3.00. The molecule has 1 aromatic heterocycles. The van der Waals surface area contributed by atoms with Gasteiger partial charge < -0.3 is 4.57 Å². The highest BCUT2D eigenvalue weighted by atomic mass is 32.2. The van der Waals surface area contributed by atoms with Gasteiger partial charge in [0.2, 0.25) is 0 Å². The van der Waals surface area contributed by atoms with Crippen molar-refractivity contribution in [2.24, 2.45) is 7.05 Å². The number of aromatic nitrogens is 2. The molecule has 0 aromatic carbocycles. The molecule has 0 atom stereocenters. The fraction of sp³-hybridized carbons (Fsp3) is 0.400. The number of thioether (sulfide) groups is 1. The van der Waals surface area contributed by atoms with E-state index < -0.39 is 0 Å². The zero-order valence-electron chi connectivity index (χ0n) is 8.43. The van der Waals surface area contributed by atoms with Crippen LogP contribution in [0.5, 0.6) is 0 Å². The molecule has 0 aliphatic carbocycles. The van der Waals surface area contributed by atoms with Gasteiger partial charge in [-0.1, -0.05) is 17.8 Å². The lowest BCUT2D eigenvalue weighted by atomic mass is 10.3. The highest BCUT2D eigenvalue weighted by Gasteiger charge is 1.92. The normalized spacial score (nSPS) is 11.0. The Hall–Kier alpha value is -1.03. The van der Waals surface area contributed by atoms with Crippen LogP contribution in [0.1, 0.15) is 19.0 Å². The molecule has 0 fully saturated rings. The fourth-order valence-electron chi connectivity index (χ4n) is 0.994. The summed E-state index contributed by atoms with van der Waals surface area (Å²) in [7, 11) is 1.94. The second kappa shape index (κ2) is 5.65. The van der Waals surface area contributed by atoms with Gasteiger partial charge in [-0.2, -0.15) is 0 Å². The van der Waals surface area contributed by atoms with Crippen molar-refractivity contribution in [3.8, 4) is 0 Å². The molecule has 14 heavy (non-hydrogen) atoms. The van der Waals surface area contributed by atoms with Crippen molar-refractivity contribution >= 4 is 23.0 Å². The summed E-state index contributed by atoms with van der Waals surface area (Å²) in [6, 6.07) is 0. The van der Waals surface area contributed by atoms with Gasteiger partial charge in [0, 0.05) is 25.9 Å². The van der Waals surface area contributed by atoms with Gasteiger partial charge in [-0.25, -0.2) is 4.98 Å². The Kier molecular flexibility index (Phi) is 4.46. The van der Waals surface area contributed by atoms with E-state index in [9.17, 15) is 4.79 Å². The van der Waals surface area contributed by atoms with Crippen LogP contribution in [0, 0.1) is 0 Å². The third kappa shape index (κ3) is 4.28. The van der Waals surface area contributed by atoms with Crippen LogP contribution >= 0.6 is 11.8 Å². The zero-order chi connectivity index (χ0) is 10.4. The van der Waals surface area contributed by atoms with Crippen LogP contribution < -0.4 is 0 Å². The summed E-state index contributed by atoms with van der Waals surface area (Å²) in [4.78, 5) is 14.8. The number of carbonyl (C=O) groups is 1. The van der Waals surface area contributed by atoms with E-state index in [0.717, 1.165) is 17.9 Å². The summed E-state index contributed by atoms with van der Waals surface area (Å²) in [5.74, 6) is 0.846. The maximum Gasteiger partial charge on any atom is 0.185 e. The van der Waals surface area contributed by atoms with Gasteiger partial charge in [-0.15, -0.1) is 0 Å². The Morgan fingerprint density at radius 3 is 3.07 bits per heavy atom. The molecule has 0 bridgehead atoms. The summed E-state index contributed by atoms with van der Waals surface area (Å²) in [6.07, 6.45) is 8.64. The summed E-state index contributed by atoms with van der Waals surface area (Å²) in [5, 5.41) is 0.177. The molecule has 76 valence electrons. The van der Waals surface area contributed by atoms with Crippen LogP contribution in [0.15, 0.2) is 18.6 Å². The number of hydrogen-bond acceptors (Lipinski definition) is 3. The van der Waals surface area contributed by atoms with E-state index in [-0.39, 0.29) is 5.12 Å². The molecule has 1 rings (SSSR count). The van der Waals surface area contributed by atoms with Crippen molar-refractivity contribution in [3.05, 3.63) is 24.3 Å². The van der Waals surface area contributed by atoms with Crippen LogP contribution in [0.2, 0.25) is 0 Å². The van der Waals surface area contributed by atoms with E-state index >= 15 is 0 Å². The Morgan fingerprint density at radius 1 is 1.71 bits per heavy atom. The first-order valence-electron chi connectivity index (χ1n) is 4.46. The molecule has 0 radical (unpaired) electrons. The van der Waals surface area contributed by atoms with Crippen molar-refractivity contribution in [2.45, 2.75) is 13.3 Å². The molecule has 0 aliphatic rings. The summed E-state index contributed by atoms with van der Waals surface area (Å²) >= 11 is 1.36. The maximum atomic E-state index is 10.6. The molecule has 0 amide bonds. The first-order valence-corrected chi connectivity index (χ1v) is 5.45. The predicted molar refractivity (Wildman–Crippen MR) is 60.0 cm³/mol. The van der Waals surface area contributed by atoms with Crippen molar-refractivity contribution in [2.75, 3.05) is 5.75 Å². The first kappa shape index (κ1) is 11.0. The third-order valence-electron chi connectivity index (χ3n) is 1.60. The van der Waals surface area contributed by atoms with Crippen molar-refractivity contribution in [1.82, 2.24) is 9.55 Å². The average molecular weight is 210 g/mol. The van der Waals surface area contributed by atoms with E-state index in [0.29, 0.717) is 0 Å². The molecule has 3 nitrogen and oxygen atoms in total. The van der Waals surface area contributed by atoms with Crippen molar-refractivity contribution in [1.29, 1.82) is 0 Å². The van der Waals surface area contributed by atoms with E-state index in [2.05, 4.69) is 4.98 Å². The summed E-state index contributed by atoms with van der Waals surface area (Å²) in [6.45, 7) is 1.59. The van der Waals surface area contributed by atoms with Crippen LogP contribution in [0.4, 0.5) is 0 Å². The van der Waals surface area contributed by atoms with Gasteiger partial charge in [0.15, 0.2) is 5.12 Å². The van der Waals surface area contributed by atoms with Gasteiger partial charge in [0.25, 0.3) is 0 Å². The number of allylic oxidation sites excluding steroid dienone is 1. The fourth-order valence-corrected chi connectivity index (χ4v) is 1.54. The molecular formula is C10H14N2OS. The predicted octanol–water partition coefficient (Wildman–Crippen LogP) is 2.10. The van der Waals surface area contributed by atoms with Gasteiger partial charge in [0.1, 0.15) is 0 Å². The van der Waals surface area contributed by atoms with Gasteiger partial charge >= 0.3 is 0 Å². The second-order valence-corrected chi connectivity index (χ2v) is 4.27. The smallest absolute Gasteiger partial charge is 0.185 e. The van der Waals surface area contributed by atoms with Crippen molar-refractivity contribution in [3.63, 3.8) is 0 Å². The minimum atomic E-state index is 0.177. The van der Waals surface area contributed by atoms with E-state index in [4.69, 9.17) is 0 Å². The Bertz CT molecular complexity index is 331. The monoisotopic (exact) mass is 210 g/mol. The number of nitrogens with zero attached hydrogens (tertiary/aromatic N) is 2. The average Bonchev–Trinajstić information content (AvgIpc) is 2.50. The lowest BCUT2D eigenvalue weighted by Gasteiger charge is -1.90. The van der Waals surface area contributed by atoms with E-state index in [1.807, 2.05) is 30.0 Å². The Labute approximate surface area is 88.2 Å². The Balaban J connectivity index is 2.24. The maximum absolute atomic E-state index is 10.6. The zero-order valence-corrected chi connectivity index (χ0v) is 9.25. The third-order valence-corrected chi connectivity index (χ3v) is 2.45. The highest BCUT2D eigenvalue weighted by Crippen LogP contribution is 2.05. The van der Waals surface area contributed by atoms with Gasteiger partial charge in [-0.05, 0) is 12.5 Å². The van der Waals surface area contributed by atoms with Crippen LogP contribution in [0.25, 0.3) is 6.08 Å². The minimum absolute atomic E-state index is 0.177. The number of aryl methyl sites for hydroxylation is 1. The molecule has 0 aliphatic heterocycles. The number of hydrogen-bond donors (Lipinski definition) is 0. The number of rotatable bonds is 4. The number of imidazole rings is 1. The van der Waals surface area contributed by atoms with Gasteiger partial charge in [-0.3, -0.25) is 4.79 Å². The molecule has 0 spiro atoms. The lowest BCUT2D eigenvalue weighted by molar-refractivity contribution is -0.109.